The van der Waals surface area contributed by atoms with Crippen LogP contribution in [0.1, 0.15) is 35.2 Å². The Kier molecular flexibility index (Phi) is 3.43. The van der Waals surface area contributed by atoms with Crippen LogP contribution >= 0.6 is 0 Å². The fourth-order valence-electron chi connectivity index (χ4n) is 2.46. The molecule has 1 fully saturated rings. The van der Waals surface area contributed by atoms with Crippen LogP contribution in [0.4, 0.5) is 4.39 Å². The molecule has 0 aliphatic carbocycles. The molecule has 1 saturated heterocycles. The Morgan fingerprint density at radius 2 is 2.24 bits per heavy atom. The molecule has 0 radical (unpaired) electrons. The van der Waals surface area contributed by atoms with Gasteiger partial charge in [0.2, 0.25) is 0 Å². The molecule has 2 N–H and O–H groups in total. The number of carboxylic acids is 1. The molecular formula is C13H16FNO2. The SMILES string of the molecule is C[C@@H]1CNCC[C@H]1c1cc(F)cc(C(=O)O)c1. The van der Waals surface area contributed by atoms with E-state index in [0.717, 1.165) is 31.1 Å². The Morgan fingerprint density at radius 1 is 1.47 bits per heavy atom. The Labute approximate surface area is 99.7 Å². The van der Waals surface area contributed by atoms with E-state index in [1.165, 1.54) is 6.07 Å². The molecule has 1 heterocycles. The normalized spacial score (nSPS) is 24.6. The molecule has 0 bridgehead atoms. The van der Waals surface area contributed by atoms with Crippen molar-refractivity contribution < 1.29 is 14.3 Å². The first-order chi connectivity index (χ1) is 8.08. The van der Waals surface area contributed by atoms with Gasteiger partial charge in [-0.2, -0.15) is 0 Å². The third-order valence-electron chi connectivity index (χ3n) is 3.38. The second-order valence-electron chi connectivity index (χ2n) is 4.65. The predicted molar refractivity (Wildman–Crippen MR) is 62.8 cm³/mol. The minimum Gasteiger partial charge on any atom is -0.478 e. The van der Waals surface area contributed by atoms with Gasteiger partial charge in [0, 0.05) is 0 Å². The summed E-state index contributed by atoms with van der Waals surface area (Å²) in [6.45, 7) is 3.89. The average molecular weight is 237 g/mol. The van der Waals surface area contributed by atoms with Gasteiger partial charge in [-0.15, -0.1) is 0 Å². The predicted octanol–water partition coefficient (Wildman–Crippen LogP) is 2.24. The van der Waals surface area contributed by atoms with Crippen molar-refractivity contribution in [2.24, 2.45) is 5.92 Å². The number of hydrogen-bond donors (Lipinski definition) is 2. The summed E-state index contributed by atoms with van der Waals surface area (Å²) in [5, 5.41) is 12.2. The summed E-state index contributed by atoms with van der Waals surface area (Å²) in [5.74, 6) is -0.907. The van der Waals surface area contributed by atoms with Gasteiger partial charge in [0.25, 0.3) is 0 Å². The highest BCUT2D eigenvalue weighted by Gasteiger charge is 2.24. The van der Waals surface area contributed by atoms with Gasteiger partial charge >= 0.3 is 5.97 Å². The van der Waals surface area contributed by atoms with E-state index in [1.54, 1.807) is 6.07 Å². The summed E-state index contributed by atoms with van der Waals surface area (Å²) in [6.07, 6.45) is 0.920. The quantitative estimate of drug-likeness (QED) is 0.829. The molecule has 2 atom stereocenters. The number of benzene rings is 1. The van der Waals surface area contributed by atoms with Crippen LogP contribution in [0.2, 0.25) is 0 Å². The van der Waals surface area contributed by atoms with Gasteiger partial charge in [-0.05, 0) is 55.1 Å². The summed E-state index contributed by atoms with van der Waals surface area (Å²) < 4.78 is 13.4. The Bertz CT molecular complexity index is 433. The van der Waals surface area contributed by atoms with Crippen molar-refractivity contribution in [3.63, 3.8) is 0 Å². The van der Waals surface area contributed by atoms with Crippen LogP contribution in [0.15, 0.2) is 18.2 Å². The van der Waals surface area contributed by atoms with Crippen molar-refractivity contribution in [2.45, 2.75) is 19.3 Å². The maximum absolute atomic E-state index is 13.4. The molecule has 1 aliphatic heterocycles. The molecule has 1 aliphatic rings. The van der Waals surface area contributed by atoms with Crippen LogP contribution in [-0.4, -0.2) is 24.2 Å². The van der Waals surface area contributed by atoms with Crippen molar-refractivity contribution in [3.8, 4) is 0 Å². The zero-order chi connectivity index (χ0) is 12.4. The zero-order valence-corrected chi connectivity index (χ0v) is 9.74. The number of piperidine rings is 1. The first kappa shape index (κ1) is 12.0. The van der Waals surface area contributed by atoms with Crippen LogP contribution in [0, 0.1) is 11.7 Å². The summed E-state index contributed by atoms with van der Waals surface area (Å²) in [5.41, 5.74) is 0.835. The molecule has 92 valence electrons. The molecule has 0 unspecified atom stereocenters. The van der Waals surface area contributed by atoms with Crippen molar-refractivity contribution in [1.29, 1.82) is 0 Å². The van der Waals surface area contributed by atoms with E-state index in [4.69, 9.17) is 5.11 Å². The summed E-state index contributed by atoms with van der Waals surface area (Å²) in [4.78, 5) is 10.9. The Balaban J connectivity index is 2.33. The van der Waals surface area contributed by atoms with E-state index in [0.29, 0.717) is 5.92 Å². The largest absolute Gasteiger partial charge is 0.478 e. The summed E-state index contributed by atoms with van der Waals surface area (Å²) in [7, 11) is 0. The highest BCUT2D eigenvalue weighted by atomic mass is 19.1. The standard InChI is InChI=1S/C13H16FNO2/c1-8-7-15-3-2-12(8)9-4-10(13(16)17)6-11(14)5-9/h4-6,8,12,15H,2-3,7H2,1H3,(H,16,17)/t8-,12-/m1/s1. The van der Waals surface area contributed by atoms with E-state index in [9.17, 15) is 9.18 Å². The number of halogens is 1. The first-order valence-corrected chi connectivity index (χ1v) is 5.82. The van der Waals surface area contributed by atoms with E-state index < -0.39 is 11.8 Å². The molecule has 0 amide bonds. The highest BCUT2D eigenvalue weighted by molar-refractivity contribution is 5.87. The maximum Gasteiger partial charge on any atom is 0.335 e. The lowest BCUT2D eigenvalue weighted by Gasteiger charge is -2.30. The Hall–Kier alpha value is -1.42. The molecule has 1 aromatic carbocycles. The van der Waals surface area contributed by atoms with Crippen LogP contribution < -0.4 is 5.32 Å². The minimum atomic E-state index is -1.08. The van der Waals surface area contributed by atoms with Gasteiger partial charge < -0.3 is 10.4 Å². The number of carbonyl (C=O) groups is 1. The van der Waals surface area contributed by atoms with Gasteiger partial charge in [-0.3, -0.25) is 0 Å². The van der Waals surface area contributed by atoms with Crippen LogP contribution in [-0.2, 0) is 0 Å². The van der Waals surface area contributed by atoms with Crippen molar-refractivity contribution in [1.82, 2.24) is 5.32 Å². The molecule has 2 rings (SSSR count). The first-order valence-electron chi connectivity index (χ1n) is 5.82. The van der Waals surface area contributed by atoms with E-state index in [1.807, 2.05) is 0 Å². The fraction of sp³-hybridized carbons (Fsp3) is 0.462. The second-order valence-corrected chi connectivity index (χ2v) is 4.65. The third kappa shape index (κ3) is 2.64. The van der Waals surface area contributed by atoms with Gasteiger partial charge in [-0.25, -0.2) is 9.18 Å². The number of aromatic carboxylic acids is 1. The number of nitrogens with one attached hydrogen (secondary N) is 1. The van der Waals surface area contributed by atoms with E-state index in [2.05, 4.69) is 12.2 Å². The lowest BCUT2D eigenvalue weighted by Crippen LogP contribution is -2.33. The lowest BCUT2D eigenvalue weighted by atomic mass is 9.82. The van der Waals surface area contributed by atoms with Crippen LogP contribution in [0.5, 0.6) is 0 Å². The van der Waals surface area contributed by atoms with Crippen molar-refractivity contribution in [3.05, 3.63) is 35.1 Å². The second kappa shape index (κ2) is 4.84. The minimum absolute atomic E-state index is 0.0331. The molecule has 0 aromatic heterocycles. The summed E-state index contributed by atoms with van der Waals surface area (Å²) >= 11 is 0. The van der Waals surface area contributed by atoms with Crippen LogP contribution in [0.3, 0.4) is 0 Å². The van der Waals surface area contributed by atoms with Crippen LogP contribution in [0.25, 0.3) is 0 Å². The molecule has 4 heteroatoms. The monoisotopic (exact) mass is 237 g/mol. The van der Waals surface area contributed by atoms with E-state index >= 15 is 0 Å². The zero-order valence-electron chi connectivity index (χ0n) is 9.74. The maximum atomic E-state index is 13.4. The molecule has 3 nitrogen and oxygen atoms in total. The third-order valence-corrected chi connectivity index (χ3v) is 3.38. The lowest BCUT2D eigenvalue weighted by molar-refractivity contribution is 0.0696. The smallest absolute Gasteiger partial charge is 0.335 e. The van der Waals surface area contributed by atoms with Gasteiger partial charge in [0.05, 0.1) is 5.56 Å². The average Bonchev–Trinajstić information content (AvgIpc) is 2.28. The fourth-order valence-corrected chi connectivity index (χ4v) is 2.46. The van der Waals surface area contributed by atoms with Crippen molar-refractivity contribution >= 4 is 5.97 Å². The van der Waals surface area contributed by atoms with Gasteiger partial charge in [0.1, 0.15) is 5.82 Å². The molecule has 0 spiro atoms. The van der Waals surface area contributed by atoms with Crippen molar-refractivity contribution in [2.75, 3.05) is 13.1 Å². The number of hydrogen-bond acceptors (Lipinski definition) is 2. The summed E-state index contributed by atoms with van der Waals surface area (Å²) in [6, 6.07) is 4.12. The Morgan fingerprint density at radius 3 is 2.88 bits per heavy atom. The topological polar surface area (TPSA) is 49.3 Å². The van der Waals surface area contributed by atoms with E-state index in [-0.39, 0.29) is 11.5 Å². The van der Waals surface area contributed by atoms with Gasteiger partial charge in [0.15, 0.2) is 0 Å². The molecule has 1 aromatic rings. The number of carboxylic acid groups (broad SMARTS) is 1. The van der Waals surface area contributed by atoms with Gasteiger partial charge in [-0.1, -0.05) is 6.92 Å². The molecule has 17 heavy (non-hydrogen) atoms. The number of rotatable bonds is 2. The molecule has 0 saturated carbocycles. The molecular weight excluding hydrogens is 221 g/mol. The highest BCUT2D eigenvalue weighted by Crippen LogP contribution is 2.31.